The fourth-order valence-electron chi connectivity index (χ4n) is 3.17. The Morgan fingerprint density at radius 3 is 2.48 bits per heavy atom. The van der Waals surface area contributed by atoms with Crippen molar-refractivity contribution in [3.8, 4) is 11.3 Å². The molecule has 0 atom stereocenters. The minimum atomic E-state index is -0.217. The molecule has 0 aliphatic carbocycles. The van der Waals surface area contributed by atoms with Gasteiger partial charge in [0.1, 0.15) is 0 Å². The standard InChI is InChI=1S/C23H15Br2ClN2O/c1-13-9-15(24)10-17-18(23(29)27-16-7-8-19(25)20(26)11-16)12-21(28-22(13)17)14-5-3-2-4-6-14/h2-12H,1H3,(H,27,29). The van der Waals surface area contributed by atoms with Crippen molar-refractivity contribution in [3.63, 3.8) is 0 Å². The molecule has 3 aromatic carbocycles. The third-order valence-corrected chi connectivity index (χ3v) is 6.25. The number of hydrogen-bond acceptors (Lipinski definition) is 2. The second-order valence-corrected chi connectivity index (χ2v) is 8.80. The van der Waals surface area contributed by atoms with Crippen molar-refractivity contribution < 1.29 is 4.79 Å². The molecule has 0 spiro atoms. The van der Waals surface area contributed by atoms with Gasteiger partial charge < -0.3 is 5.32 Å². The van der Waals surface area contributed by atoms with Crippen molar-refractivity contribution in [2.45, 2.75) is 6.92 Å². The van der Waals surface area contributed by atoms with Gasteiger partial charge in [-0.05, 0) is 64.8 Å². The maximum Gasteiger partial charge on any atom is 0.256 e. The molecule has 1 N–H and O–H groups in total. The van der Waals surface area contributed by atoms with Crippen LogP contribution in [0.5, 0.6) is 0 Å². The number of rotatable bonds is 3. The largest absolute Gasteiger partial charge is 0.322 e. The average Bonchev–Trinajstić information content (AvgIpc) is 2.70. The molecule has 0 aliphatic rings. The number of hydrogen-bond donors (Lipinski definition) is 1. The Morgan fingerprint density at radius 1 is 1.00 bits per heavy atom. The highest BCUT2D eigenvalue weighted by Crippen LogP contribution is 2.31. The van der Waals surface area contributed by atoms with Gasteiger partial charge in [-0.15, -0.1) is 0 Å². The highest BCUT2D eigenvalue weighted by molar-refractivity contribution is 9.10. The number of carbonyl (C=O) groups is 1. The summed E-state index contributed by atoms with van der Waals surface area (Å²) in [7, 11) is 0. The van der Waals surface area contributed by atoms with Crippen LogP contribution in [0.25, 0.3) is 22.2 Å². The number of halogens is 3. The Kier molecular flexibility index (Phi) is 5.72. The predicted octanol–water partition coefficient (Wildman–Crippen LogP) is 7.64. The minimum Gasteiger partial charge on any atom is -0.322 e. The second-order valence-electron chi connectivity index (χ2n) is 6.62. The van der Waals surface area contributed by atoms with Gasteiger partial charge in [0.25, 0.3) is 5.91 Å². The molecule has 0 saturated carbocycles. The lowest BCUT2D eigenvalue weighted by Gasteiger charge is -2.13. The monoisotopic (exact) mass is 528 g/mol. The van der Waals surface area contributed by atoms with E-state index >= 15 is 0 Å². The normalized spacial score (nSPS) is 10.9. The van der Waals surface area contributed by atoms with E-state index in [4.69, 9.17) is 16.6 Å². The molecule has 0 bridgehead atoms. The van der Waals surface area contributed by atoms with Crippen LogP contribution < -0.4 is 5.32 Å². The zero-order valence-corrected chi connectivity index (χ0v) is 19.3. The summed E-state index contributed by atoms with van der Waals surface area (Å²) >= 11 is 13.1. The summed E-state index contributed by atoms with van der Waals surface area (Å²) in [5.41, 5.74) is 4.68. The van der Waals surface area contributed by atoms with E-state index in [1.807, 2.05) is 55.5 Å². The molecule has 0 aliphatic heterocycles. The lowest BCUT2D eigenvalue weighted by Crippen LogP contribution is -2.13. The number of aryl methyl sites for hydroxylation is 1. The van der Waals surface area contributed by atoms with Crippen LogP contribution in [0.1, 0.15) is 15.9 Å². The van der Waals surface area contributed by atoms with Gasteiger partial charge in [0.2, 0.25) is 0 Å². The van der Waals surface area contributed by atoms with Gasteiger partial charge in [0.05, 0.1) is 21.8 Å². The molecule has 1 heterocycles. The van der Waals surface area contributed by atoms with Crippen LogP contribution in [0.3, 0.4) is 0 Å². The number of nitrogens with zero attached hydrogens (tertiary/aromatic N) is 1. The van der Waals surface area contributed by atoms with E-state index < -0.39 is 0 Å². The number of carbonyl (C=O) groups excluding carboxylic acids is 1. The Morgan fingerprint density at radius 2 is 1.76 bits per heavy atom. The molecule has 0 unspecified atom stereocenters. The molecular weight excluding hydrogens is 516 g/mol. The topological polar surface area (TPSA) is 42.0 Å². The zero-order chi connectivity index (χ0) is 20.5. The molecule has 1 amide bonds. The minimum absolute atomic E-state index is 0.217. The van der Waals surface area contributed by atoms with Crippen LogP contribution in [0.4, 0.5) is 5.69 Å². The number of pyridine rings is 1. The molecule has 0 radical (unpaired) electrons. The van der Waals surface area contributed by atoms with Gasteiger partial charge >= 0.3 is 0 Å². The Labute approximate surface area is 190 Å². The first kappa shape index (κ1) is 20.1. The Balaban J connectivity index is 1.86. The van der Waals surface area contributed by atoms with Crippen molar-refractivity contribution in [2.75, 3.05) is 5.32 Å². The number of nitrogens with one attached hydrogen (secondary N) is 1. The molecular formula is C23H15Br2ClN2O. The lowest BCUT2D eigenvalue weighted by molar-refractivity contribution is 0.102. The smallest absolute Gasteiger partial charge is 0.256 e. The molecule has 6 heteroatoms. The van der Waals surface area contributed by atoms with Crippen molar-refractivity contribution >= 4 is 66.0 Å². The highest BCUT2D eigenvalue weighted by atomic mass is 79.9. The van der Waals surface area contributed by atoms with E-state index in [-0.39, 0.29) is 5.91 Å². The summed E-state index contributed by atoms with van der Waals surface area (Å²) in [4.78, 5) is 18.1. The van der Waals surface area contributed by atoms with E-state index in [9.17, 15) is 4.79 Å². The van der Waals surface area contributed by atoms with Crippen LogP contribution in [0, 0.1) is 6.92 Å². The highest BCUT2D eigenvalue weighted by Gasteiger charge is 2.16. The molecule has 144 valence electrons. The van der Waals surface area contributed by atoms with Gasteiger partial charge in [-0.1, -0.05) is 57.9 Å². The van der Waals surface area contributed by atoms with Gasteiger partial charge in [0, 0.05) is 25.6 Å². The molecule has 0 fully saturated rings. The van der Waals surface area contributed by atoms with Gasteiger partial charge in [-0.2, -0.15) is 0 Å². The van der Waals surface area contributed by atoms with Gasteiger partial charge in [-0.3, -0.25) is 4.79 Å². The third-order valence-electron chi connectivity index (χ3n) is 4.56. The number of anilines is 1. The van der Waals surface area contributed by atoms with Crippen LogP contribution in [-0.2, 0) is 0 Å². The van der Waals surface area contributed by atoms with E-state index in [1.54, 1.807) is 18.2 Å². The average molecular weight is 531 g/mol. The zero-order valence-electron chi connectivity index (χ0n) is 15.3. The summed E-state index contributed by atoms with van der Waals surface area (Å²) in [5, 5.41) is 4.27. The van der Waals surface area contributed by atoms with Crippen molar-refractivity contribution in [1.29, 1.82) is 0 Å². The molecule has 3 nitrogen and oxygen atoms in total. The summed E-state index contributed by atoms with van der Waals surface area (Å²) in [6.07, 6.45) is 0. The van der Waals surface area contributed by atoms with Crippen LogP contribution in [0.15, 0.2) is 75.7 Å². The van der Waals surface area contributed by atoms with Crippen molar-refractivity contribution in [1.82, 2.24) is 4.98 Å². The fourth-order valence-corrected chi connectivity index (χ4v) is 4.17. The summed E-state index contributed by atoms with van der Waals surface area (Å²) in [6.45, 7) is 1.99. The second kappa shape index (κ2) is 8.27. The van der Waals surface area contributed by atoms with E-state index in [2.05, 4.69) is 37.2 Å². The summed E-state index contributed by atoms with van der Waals surface area (Å²) < 4.78 is 1.68. The van der Waals surface area contributed by atoms with Gasteiger partial charge in [-0.25, -0.2) is 4.98 Å². The maximum atomic E-state index is 13.2. The Hall–Kier alpha value is -2.21. The molecule has 4 aromatic rings. The van der Waals surface area contributed by atoms with E-state index in [0.29, 0.717) is 16.3 Å². The third kappa shape index (κ3) is 4.22. The SMILES string of the molecule is Cc1cc(Br)cc2c(C(=O)Nc3ccc(Br)c(Cl)c3)cc(-c3ccccc3)nc12. The molecule has 29 heavy (non-hydrogen) atoms. The van der Waals surface area contributed by atoms with E-state index in [1.165, 1.54) is 0 Å². The number of fused-ring (bicyclic) bond motifs is 1. The molecule has 4 rings (SSSR count). The first-order valence-corrected chi connectivity index (χ1v) is 10.8. The van der Waals surface area contributed by atoms with Crippen LogP contribution in [-0.4, -0.2) is 10.9 Å². The summed E-state index contributed by atoms with van der Waals surface area (Å²) in [5.74, 6) is -0.217. The first-order valence-electron chi connectivity index (χ1n) is 8.85. The van der Waals surface area contributed by atoms with Crippen molar-refractivity contribution in [3.05, 3.63) is 91.8 Å². The van der Waals surface area contributed by atoms with Crippen LogP contribution >= 0.6 is 43.5 Å². The lowest BCUT2D eigenvalue weighted by atomic mass is 10.0. The predicted molar refractivity (Wildman–Crippen MR) is 127 cm³/mol. The van der Waals surface area contributed by atoms with E-state index in [0.717, 1.165) is 36.7 Å². The Bertz CT molecular complexity index is 1240. The van der Waals surface area contributed by atoms with Gasteiger partial charge in [0.15, 0.2) is 0 Å². The summed E-state index contributed by atoms with van der Waals surface area (Å²) in [6, 6.07) is 20.9. The number of amides is 1. The van der Waals surface area contributed by atoms with Crippen molar-refractivity contribution in [2.24, 2.45) is 0 Å². The number of aromatic nitrogens is 1. The van der Waals surface area contributed by atoms with Crippen LogP contribution in [0.2, 0.25) is 5.02 Å². The molecule has 1 aromatic heterocycles. The molecule has 0 saturated heterocycles. The number of benzene rings is 3. The first-order chi connectivity index (χ1) is 13.9. The fraction of sp³-hybridized carbons (Fsp3) is 0.0435. The quantitative estimate of drug-likeness (QED) is 0.296. The maximum absolute atomic E-state index is 13.2.